The molecule has 0 saturated heterocycles. The maximum atomic E-state index is 12.5. The molecule has 0 unspecified atom stereocenters. The summed E-state index contributed by atoms with van der Waals surface area (Å²) in [7, 11) is 0.285. The van der Waals surface area contributed by atoms with Crippen LogP contribution in [0.4, 0.5) is 13.2 Å². The highest BCUT2D eigenvalue weighted by molar-refractivity contribution is 7.58. The van der Waals surface area contributed by atoms with E-state index in [0.29, 0.717) is 6.20 Å². The quantitative estimate of drug-likeness (QED) is 0.715. The lowest BCUT2D eigenvalue weighted by atomic mass is 10.5. The van der Waals surface area contributed by atoms with Gasteiger partial charge in [-0.3, -0.25) is 4.57 Å². The van der Waals surface area contributed by atoms with E-state index in [1.165, 1.54) is 14.1 Å². The Kier molecular flexibility index (Phi) is 4.83. The van der Waals surface area contributed by atoms with Crippen molar-refractivity contribution in [3.05, 3.63) is 11.5 Å². The third-order valence-electron chi connectivity index (χ3n) is 1.45. The molecule has 0 aromatic rings. The minimum atomic E-state index is -4.76. The van der Waals surface area contributed by atoms with E-state index < -0.39 is 19.1 Å². The summed E-state index contributed by atoms with van der Waals surface area (Å²) in [5.41, 5.74) is 0. The minimum absolute atomic E-state index is 0.674. The van der Waals surface area contributed by atoms with Crippen LogP contribution in [-0.2, 0) is 13.6 Å². The van der Waals surface area contributed by atoms with Crippen LogP contribution >= 0.6 is 7.60 Å². The molecular formula is C7H13F3NO3P. The zero-order chi connectivity index (χ0) is 12.3. The van der Waals surface area contributed by atoms with Crippen molar-refractivity contribution >= 4 is 7.60 Å². The maximum Gasteiger partial charge on any atom is 0.425 e. The van der Waals surface area contributed by atoms with E-state index in [2.05, 4.69) is 9.05 Å². The van der Waals surface area contributed by atoms with Crippen LogP contribution in [0.25, 0.3) is 0 Å². The Morgan fingerprint density at radius 1 is 1.27 bits per heavy atom. The molecule has 0 radical (unpaired) electrons. The number of hydrogen-bond donors (Lipinski definition) is 0. The monoisotopic (exact) mass is 247 g/mol. The Balaban J connectivity index is 5.40. The van der Waals surface area contributed by atoms with Gasteiger partial charge in [0.25, 0.3) is 0 Å². The molecule has 0 aliphatic heterocycles. The Bertz CT molecular complexity index is 280. The zero-order valence-electron chi connectivity index (χ0n) is 8.83. The van der Waals surface area contributed by atoms with Crippen LogP contribution in [0.15, 0.2) is 11.5 Å². The molecule has 0 bridgehead atoms. The Morgan fingerprint density at radius 3 is 1.87 bits per heavy atom. The number of rotatable bonds is 4. The first-order valence-electron chi connectivity index (χ1n) is 3.85. The fourth-order valence-corrected chi connectivity index (χ4v) is 2.04. The fraction of sp³-hybridized carbons (Fsp3) is 0.714. The first kappa shape index (κ1) is 14.5. The molecule has 0 aliphatic carbocycles. The number of allylic oxidation sites excluding steroid dienone is 1. The van der Waals surface area contributed by atoms with Gasteiger partial charge >= 0.3 is 13.8 Å². The van der Waals surface area contributed by atoms with Crippen molar-refractivity contribution in [1.82, 2.24) is 4.90 Å². The van der Waals surface area contributed by atoms with Gasteiger partial charge in [0, 0.05) is 34.5 Å². The van der Waals surface area contributed by atoms with Gasteiger partial charge in [-0.05, 0) is 0 Å². The average molecular weight is 247 g/mol. The number of halogens is 3. The van der Waals surface area contributed by atoms with Gasteiger partial charge in [0.2, 0.25) is 0 Å². The predicted molar refractivity (Wildman–Crippen MR) is 49.4 cm³/mol. The predicted octanol–water partition coefficient (Wildman–Crippen LogP) is 2.44. The highest BCUT2D eigenvalue weighted by Gasteiger charge is 2.47. The van der Waals surface area contributed by atoms with E-state index in [4.69, 9.17) is 0 Å². The molecule has 0 rings (SSSR count). The molecule has 0 aromatic heterocycles. The average Bonchev–Trinajstić information content (AvgIpc) is 2.11. The Hall–Kier alpha value is -0.520. The lowest BCUT2D eigenvalue weighted by Crippen LogP contribution is -2.17. The second-order valence-corrected chi connectivity index (χ2v) is 5.05. The third-order valence-corrected chi connectivity index (χ3v) is 3.37. The van der Waals surface area contributed by atoms with Crippen LogP contribution in [0.1, 0.15) is 0 Å². The van der Waals surface area contributed by atoms with Gasteiger partial charge < -0.3 is 13.9 Å². The van der Waals surface area contributed by atoms with E-state index >= 15 is 0 Å². The minimum Gasteiger partial charge on any atom is -0.383 e. The van der Waals surface area contributed by atoms with Crippen LogP contribution in [0.3, 0.4) is 0 Å². The molecule has 0 aromatic carbocycles. The summed E-state index contributed by atoms with van der Waals surface area (Å²) in [5.74, 6) is 0. The number of nitrogens with zero attached hydrogens (tertiary/aromatic N) is 1. The van der Waals surface area contributed by atoms with Gasteiger partial charge in [-0.25, -0.2) is 0 Å². The van der Waals surface area contributed by atoms with Crippen molar-refractivity contribution in [1.29, 1.82) is 0 Å². The topological polar surface area (TPSA) is 38.8 Å². The van der Waals surface area contributed by atoms with E-state index in [-0.39, 0.29) is 0 Å². The summed E-state index contributed by atoms with van der Waals surface area (Å²) in [5, 5.41) is -1.33. The van der Waals surface area contributed by atoms with Crippen LogP contribution in [0.2, 0.25) is 0 Å². The highest BCUT2D eigenvalue weighted by Crippen LogP contribution is 2.60. The van der Waals surface area contributed by atoms with E-state index in [9.17, 15) is 17.7 Å². The summed E-state index contributed by atoms with van der Waals surface area (Å²) in [6.45, 7) is 0. The fourth-order valence-electron chi connectivity index (χ4n) is 0.815. The first-order valence-corrected chi connectivity index (χ1v) is 5.39. The van der Waals surface area contributed by atoms with Crippen LogP contribution < -0.4 is 0 Å². The number of hydrogen-bond acceptors (Lipinski definition) is 4. The number of alkyl halides is 3. The lowest BCUT2D eigenvalue weighted by Gasteiger charge is -2.20. The second-order valence-electron chi connectivity index (χ2n) is 2.84. The molecule has 0 heterocycles. The Labute approximate surface area is 86.2 Å². The molecule has 90 valence electrons. The van der Waals surface area contributed by atoms with Crippen molar-refractivity contribution in [2.45, 2.75) is 6.18 Å². The van der Waals surface area contributed by atoms with Crippen molar-refractivity contribution in [3.8, 4) is 0 Å². The summed E-state index contributed by atoms with van der Waals surface area (Å²) in [6, 6.07) is 0. The summed E-state index contributed by atoms with van der Waals surface area (Å²) < 4.78 is 57.7. The second kappa shape index (κ2) is 5.01. The molecular weight excluding hydrogens is 234 g/mol. The molecule has 4 nitrogen and oxygen atoms in total. The van der Waals surface area contributed by atoms with Crippen molar-refractivity contribution in [2.24, 2.45) is 0 Å². The van der Waals surface area contributed by atoms with Crippen molar-refractivity contribution in [2.75, 3.05) is 28.3 Å². The molecule has 0 spiro atoms. The van der Waals surface area contributed by atoms with Gasteiger partial charge in [0.1, 0.15) is 0 Å². The van der Waals surface area contributed by atoms with Crippen molar-refractivity contribution < 1.29 is 26.8 Å². The molecule has 0 amide bonds. The van der Waals surface area contributed by atoms with E-state index in [1.54, 1.807) is 0 Å². The largest absolute Gasteiger partial charge is 0.425 e. The van der Waals surface area contributed by atoms with Crippen LogP contribution in [0.5, 0.6) is 0 Å². The third kappa shape index (κ3) is 3.85. The van der Waals surface area contributed by atoms with Gasteiger partial charge in [-0.1, -0.05) is 0 Å². The molecule has 0 atom stereocenters. The van der Waals surface area contributed by atoms with Gasteiger partial charge in [-0.2, -0.15) is 13.2 Å². The molecule has 0 fully saturated rings. The Morgan fingerprint density at radius 2 is 1.67 bits per heavy atom. The van der Waals surface area contributed by atoms with Gasteiger partial charge in [-0.15, -0.1) is 0 Å². The summed E-state index contributed by atoms with van der Waals surface area (Å²) in [6.07, 6.45) is -4.08. The molecule has 8 heteroatoms. The lowest BCUT2D eigenvalue weighted by molar-refractivity contribution is -0.0877. The van der Waals surface area contributed by atoms with Crippen LogP contribution in [-0.4, -0.2) is 39.4 Å². The molecule has 0 aliphatic rings. The maximum absolute atomic E-state index is 12.5. The smallest absolute Gasteiger partial charge is 0.383 e. The standard InChI is InChI=1S/C7H13F3NO3P/c1-11(2)5-6(7(8,9)10)15(12,13-3)14-4/h5H,1-4H3/b6-5+. The first-order chi connectivity index (χ1) is 6.67. The normalized spacial score (nSPS) is 14.2. The van der Waals surface area contributed by atoms with E-state index in [0.717, 1.165) is 19.1 Å². The summed E-state index contributed by atoms with van der Waals surface area (Å²) >= 11 is 0. The molecule has 0 N–H and O–H groups in total. The van der Waals surface area contributed by atoms with Gasteiger partial charge in [0.05, 0.1) is 0 Å². The van der Waals surface area contributed by atoms with Crippen molar-refractivity contribution in [3.63, 3.8) is 0 Å². The highest BCUT2D eigenvalue weighted by atomic mass is 31.2. The summed E-state index contributed by atoms with van der Waals surface area (Å²) in [4.78, 5) is 1.12. The zero-order valence-corrected chi connectivity index (χ0v) is 9.72. The van der Waals surface area contributed by atoms with E-state index in [1.807, 2.05) is 0 Å². The van der Waals surface area contributed by atoms with Crippen LogP contribution in [0, 0.1) is 0 Å². The van der Waals surface area contributed by atoms with Gasteiger partial charge in [0.15, 0.2) is 5.31 Å². The molecule has 15 heavy (non-hydrogen) atoms. The molecule has 0 saturated carbocycles. The SMILES string of the molecule is COP(=O)(OC)/C(=C/N(C)C)C(F)(F)F.